The molecular weight excluding hydrogens is 412 g/mol. The van der Waals surface area contributed by atoms with E-state index in [0.29, 0.717) is 31.0 Å². The number of hydrogen-bond acceptors (Lipinski definition) is 5. The molecule has 1 aliphatic heterocycles. The molecule has 0 aliphatic carbocycles. The maximum absolute atomic E-state index is 13.1. The molecule has 1 aromatic carbocycles. The lowest BCUT2D eigenvalue weighted by Crippen LogP contribution is -2.36. The van der Waals surface area contributed by atoms with Gasteiger partial charge in [-0.3, -0.25) is 4.68 Å². The van der Waals surface area contributed by atoms with Gasteiger partial charge >= 0.3 is 0 Å². The summed E-state index contributed by atoms with van der Waals surface area (Å²) in [6.07, 6.45) is 2.80. The number of benzene rings is 1. The molecule has 0 amide bonds. The van der Waals surface area contributed by atoms with Crippen molar-refractivity contribution in [2.24, 2.45) is 0 Å². The minimum Gasteiger partial charge on any atom is -0.264 e. The standard InChI is InChI=1S/C19H28N4O4S2/c1-15-19(29(26,27)22-11-6-5-7-12-22)16(2)23(20-15)14-17-9-8-10-18(13-17)28(24,25)21(3)4/h8-10,13H,5-7,11-12,14H2,1-4H3. The van der Waals surface area contributed by atoms with Crippen LogP contribution in [0.2, 0.25) is 0 Å². The highest BCUT2D eigenvalue weighted by molar-refractivity contribution is 7.89. The molecule has 0 radical (unpaired) electrons. The van der Waals surface area contributed by atoms with Gasteiger partial charge in [0.05, 0.1) is 22.8 Å². The average molecular weight is 441 g/mol. The molecule has 8 nitrogen and oxygen atoms in total. The Labute approximate surface area is 173 Å². The smallest absolute Gasteiger partial charge is 0.246 e. The monoisotopic (exact) mass is 440 g/mol. The van der Waals surface area contributed by atoms with Gasteiger partial charge in [-0.1, -0.05) is 18.6 Å². The summed E-state index contributed by atoms with van der Waals surface area (Å²) in [7, 11) is -4.16. The third-order valence-electron chi connectivity index (χ3n) is 5.24. The first kappa shape index (κ1) is 21.9. The van der Waals surface area contributed by atoms with E-state index in [-0.39, 0.29) is 9.79 Å². The minimum atomic E-state index is -3.59. The number of nitrogens with zero attached hydrogens (tertiary/aromatic N) is 4. The fraction of sp³-hybridized carbons (Fsp3) is 0.526. The normalized spacial score (nSPS) is 16.4. The molecule has 3 rings (SSSR count). The van der Waals surface area contributed by atoms with Gasteiger partial charge in [-0.15, -0.1) is 0 Å². The van der Waals surface area contributed by atoms with Gasteiger partial charge in [-0.25, -0.2) is 21.1 Å². The predicted molar refractivity (Wildman–Crippen MR) is 111 cm³/mol. The van der Waals surface area contributed by atoms with Crippen LogP contribution in [0.3, 0.4) is 0 Å². The van der Waals surface area contributed by atoms with Gasteiger partial charge in [0.15, 0.2) is 0 Å². The molecule has 0 spiro atoms. The topological polar surface area (TPSA) is 92.6 Å². The molecule has 0 atom stereocenters. The Kier molecular flexibility index (Phi) is 6.19. The molecule has 2 aromatic rings. The number of rotatable bonds is 6. The van der Waals surface area contributed by atoms with Crippen LogP contribution in [0, 0.1) is 13.8 Å². The van der Waals surface area contributed by atoms with Crippen molar-refractivity contribution in [3.63, 3.8) is 0 Å². The molecule has 10 heteroatoms. The van der Waals surface area contributed by atoms with E-state index < -0.39 is 20.0 Å². The molecule has 1 saturated heterocycles. The summed E-state index contributed by atoms with van der Waals surface area (Å²) in [5.74, 6) is 0. The van der Waals surface area contributed by atoms with Crippen molar-refractivity contribution in [2.45, 2.75) is 49.4 Å². The maximum Gasteiger partial charge on any atom is 0.246 e. The largest absolute Gasteiger partial charge is 0.264 e. The SMILES string of the molecule is Cc1nn(Cc2cccc(S(=O)(=O)N(C)C)c2)c(C)c1S(=O)(=O)N1CCCCC1. The van der Waals surface area contributed by atoms with Crippen molar-refractivity contribution in [1.29, 1.82) is 0 Å². The zero-order chi connectivity index (χ0) is 21.4. The van der Waals surface area contributed by atoms with Crippen LogP contribution in [-0.4, -0.2) is 62.4 Å². The van der Waals surface area contributed by atoms with Crippen LogP contribution in [0.25, 0.3) is 0 Å². The van der Waals surface area contributed by atoms with Gasteiger partial charge < -0.3 is 0 Å². The van der Waals surface area contributed by atoms with Crippen molar-refractivity contribution in [3.8, 4) is 0 Å². The Balaban J connectivity index is 1.94. The second-order valence-electron chi connectivity index (χ2n) is 7.56. The molecule has 0 unspecified atom stereocenters. The number of hydrogen-bond donors (Lipinski definition) is 0. The van der Waals surface area contributed by atoms with Crippen molar-refractivity contribution >= 4 is 20.0 Å². The van der Waals surface area contributed by atoms with E-state index in [1.165, 1.54) is 18.4 Å². The van der Waals surface area contributed by atoms with E-state index in [1.54, 1.807) is 41.0 Å². The lowest BCUT2D eigenvalue weighted by molar-refractivity contribution is 0.346. The number of sulfonamides is 2. The van der Waals surface area contributed by atoms with Crippen molar-refractivity contribution in [1.82, 2.24) is 18.4 Å². The van der Waals surface area contributed by atoms with Gasteiger partial charge in [-0.2, -0.15) is 9.40 Å². The number of piperidine rings is 1. The zero-order valence-corrected chi connectivity index (χ0v) is 18.9. The van der Waals surface area contributed by atoms with Crippen LogP contribution in [0.1, 0.15) is 36.2 Å². The minimum absolute atomic E-state index is 0.197. The lowest BCUT2D eigenvalue weighted by atomic mass is 10.2. The average Bonchev–Trinajstić information content (AvgIpc) is 2.96. The second-order valence-corrected chi connectivity index (χ2v) is 11.6. The van der Waals surface area contributed by atoms with Crippen LogP contribution in [0.15, 0.2) is 34.1 Å². The fourth-order valence-electron chi connectivity index (χ4n) is 3.63. The molecule has 29 heavy (non-hydrogen) atoms. The first-order valence-electron chi connectivity index (χ1n) is 9.61. The van der Waals surface area contributed by atoms with Gasteiger partial charge in [0.2, 0.25) is 20.0 Å². The number of aryl methyl sites for hydroxylation is 1. The lowest BCUT2D eigenvalue weighted by Gasteiger charge is -2.26. The fourth-order valence-corrected chi connectivity index (χ4v) is 6.49. The van der Waals surface area contributed by atoms with Gasteiger partial charge in [0, 0.05) is 27.2 Å². The number of aromatic nitrogens is 2. The highest BCUT2D eigenvalue weighted by atomic mass is 32.2. The van der Waals surface area contributed by atoms with Crippen LogP contribution < -0.4 is 0 Å². The van der Waals surface area contributed by atoms with E-state index in [1.807, 2.05) is 6.07 Å². The van der Waals surface area contributed by atoms with Crippen molar-refractivity contribution in [3.05, 3.63) is 41.2 Å². The van der Waals surface area contributed by atoms with Crippen LogP contribution in [-0.2, 0) is 26.6 Å². The molecule has 1 aliphatic rings. The third-order valence-corrected chi connectivity index (χ3v) is 9.20. The first-order chi connectivity index (χ1) is 13.5. The van der Waals surface area contributed by atoms with Gasteiger partial charge in [-0.05, 0) is 44.4 Å². The maximum atomic E-state index is 13.1. The summed E-state index contributed by atoms with van der Waals surface area (Å²) in [6.45, 7) is 4.82. The molecule has 0 saturated carbocycles. The molecule has 0 bridgehead atoms. The Morgan fingerprint density at radius 2 is 1.69 bits per heavy atom. The molecule has 1 aromatic heterocycles. The predicted octanol–water partition coefficient (Wildman–Crippen LogP) is 1.97. The Morgan fingerprint density at radius 1 is 1.03 bits per heavy atom. The quantitative estimate of drug-likeness (QED) is 0.685. The summed E-state index contributed by atoms with van der Waals surface area (Å²) < 4.78 is 55.4. The second kappa shape index (κ2) is 8.17. The molecular formula is C19H28N4O4S2. The van der Waals surface area contributed by atoms with E-state index in [4.69, 9.17) is 0 Å². The van der Waals surface area contributed by atoms with Crippen LogP contribution in [0.5, 0.6) is 0 Å². The van der Waals surface area contributed by atoms with Crippen molar-refractivity contribution in [2.75, 3.05) is 27.2 Å². The summed E-state index contributed by atoms with van der Waals surface area (Å²) in [5.41, 5.74) is 1.76. The summed E-state index contributed by atoms with van der Waals surface area (Å²) in [6, 6.07) is 6.64. The van der Waals surface area contributed by atoms with Gasteiger partial charge in [0.25, 0.3) is 0 Å². The Bertz CT molecular complexity index is 1100. The highest BCUT2D eigenvalue weighted by Crippen LogP contribution is 2.26. The van der Waals surface area contributed by atoms with E-state index in [2.05, 4.69) is 5.10 Å². The summed E-state index contributed by atoms with van der Waals surface area (Å²) >= 11 is 0. The summed E-state index contributed by atoms with van der Waals surface area (Å²) in [4.78, 5) is 0.458. The molecule has 2 heterocycles. The van der Waals surface area contributed by atoms with Crippen LogP contribution in [0.4, 0.5) is 0 Å². The van der Waals surface area contributed by atoms with E-state index >= 15 is 0 Å². The molecule has 0 N–H and O–H groups in total. The Morgan fingerprint density at radius 3 is 2.31 bits per heavy atom. The zero-order valence-electron chi connectivity index (χ0n) is 17.3. The first-order valence-corrected chi connectivity index (χ1v) is 12.5. The molecule has 1 fully saturated rings. The van der Waals surface area contributed by atoms with E-state index in [0.717, 1.165) is 24.8 Å². The van der Waals surface area contributed by atoms with E-state index in [9.17, 15) is 16.8 Å². The molecule has 160 valence electrons. The Hall–Kier alpha value is -1.75. The van der Waals surface area contributed by atoms with Crippen molar-refractivity contribution < 1.29 is 16.8 Å². The van der Waals surface area contributed by atoms with Crippen LogP contribution >= 0.6 is 0 Å². The third kappa shape index (κ3) is 4.25. The summed E-state index contributed by atoms with van der Waals surface area (Å²) in [5, 5.41) is 4.44. The van der Waals surface area contributed by atoms with Gasteiger partial charge in [0.1, 0.15) is 4.90 Å². The highest BCUT2D eigenvalue weighted by Gasteiger charge is 2.31.